The van der Waals surface area contributed by atoms with Crippen molar-refractivity contribution in [2.75, 3.05) is 6.54 Å². The number of imidazole rings is 1. The molecule has 0 amide bonds. The molecule has 1 saturated heterocycles. The normalized spacial score (nSPS) is 21.2. The van der Waals surface area contributed by atoms with E-state index in [1.54, 1.807) is 31.3 Å². The van der Waals surface area contributed by atoms with Crippen molar-refractivity contribution in [1.29, 1.82) is 0 Å². The Kier molecular flexibility index (Phi) is 3.82. The average Bonchev–Trinajstić information content (AvgIpc) is 2.82. The van der Waals surface area contributed by atoms with Crippen molar-refractivity contribution in [3.8, 4) is 0 Å². The second kappa shape index (κ2) is 5.33. The first-order valence-corrected chi connectivity index (χ1v) is 9.22. The molecule has 0 radical (unpaired) electrons. The van der Waals surface area contributed by atoms with Crippen LogP contribution in [0.1, 0.15) is 31.3 Å². The molecule has 0 bridgehead atoms. The summed E-state index contributed by atoms with van der Waals surface area (Å²) in [5.41, 5.74) is 0.474. The van der Waals surface area contributed by atoms with Gasteiger partial charge < -0.3 is 4.57 Å². The molecule has 0 aliphatic carbocycles. The van der Waals surface area contributed by atoms with Gasteiger partial charge in [0, 0.05) is 31.4 Å². The fourth-order valence-corrected chi connectivity index (χ4v) is 5.96. The maximum atomic E-state index is 13.2. The van der Waals surface area contributed by atoms with Crippen LogP contribution >= 0.6 is 11.6 Å². The molecule has 0 spiro atoms. The van der Waals surface area contributed by atoms with E-state index in [0.717, 1.165) is 5.82 Å². The number of rotatable bonds is 3. The van der Waals surface area contributed by atoms with Gasteiger partial charge in [0.1, 0.15) is 10.7 Å². The van der Waals surface area contributed by atoms with E-state index in [4.69, 9.17) is 11.6 Å². The number of nitrogens with zero attached hydrogens (tertiary/aromatic N) is 3. The molecule has 1 unspecified atom stereocenters. The highest BCUT2D eigenvalue weighted by Gasteiger charge is 2.54. The average molecular weight is 354 g/mol. The summed E-state index contributed by atoms with van der Waals surface area (Å²) >= 11 is 6.19. The Labute approximate surface area is 141 Å². The first-order valence-electron chi connectivity index (χ1n) is 7.40. The van der Waals surface area contributed by atoms with Crippen molar-refractivity contribution >= 4 is 21.6 Å². The van der Waals surface area contributed by atoms with Crippen LogP contribution in [0.3, 0.4) is 0 Å². The molecule has 1 atom stereocenters. The summed E-state index contributed by atoms with van der Waals surface area (Å²) in [5.74, 6) is 0.745. The molecule has 2 heterocycles. The number of aryl methyl sites for hydroxylation is 2. The zero-order valence-electron chi connectivity index (χ0n) is 13.6. The van der Waals surface area contributed by atoms with Crippen molar-refractivity contribution in [1.82, 2.24) is 13.9 Å². The Bertz CT molecular complexity index is 838. The molecular formula is C16H20ClN3O2S. The molecule has 0 N–H and O–H groups in total. The Morgan fingerprint density at radius 1 is 1.35 bits per heavy atom. The topological polar surface area (TPSA) is 55.2 Å². The summed E-state index contributed by atoms with van der Waals surface area (Å²) in [6.07, 6.45) is 3.52. The summed E-state index contributed by atoms with van der Waals surface area (Å²) in [7, 11) is -1.80. The Morgan fingerprint density at radius 2 is 2.04 bits per heavy atom. The van der Waals surface area contributed by atoms with E-state index >= 15 is 0 Å². The number of aromatic nitrogens is 2. The van der Waals surface area contributed by atoms with E-state index in [1.165, 1.54) is 4.31 Å². The highest BCUT2D eigenvalue weighted by atomic mass is 35.5. The molecule has 1 fully saturated rings. The van der Waals surface area contributed by atoms with E-state index in [0.29, 0.717) is 12.1 Å². The minimum Gasteiger partial charge on any atom is -0.337 e. The number of hydrogen-bond acceptors (Lipinski definition) is 3. The maximum Gasteiger partial charge on any atom is 0.245 e. The van der Waals surface area contributed by atoms with Crippen LogP contribution in [-0.2, 0) is 17.1 Å². The van der Waals surface area contributed by atoms with E-state index in [9.17, 15) is 8.42 Å². The van der Waals surface area contributed by atoms with Crippen LogP contribution < -0.4 is 0 Å². The molecular weight excluding hydrogens is 334 g/mol. The second-order valence-corrected chi connectivity index (χ2v) is 8.96. The monoisotopic (exact) mass is 353 g/mol. The first-order chi connectivity index (χ1) is 10.7. The molecule has 2 aromatic rings. The lowest BCUT2D eigenvalue weighted by molar-refractivity contribution is 0.0120. The fourth-order valence-electron chi connectivity index (χ4n) is 3.26. The highest BCUT2D eigenvalue weighted by molar-refractivity contribution is 7.89. The number of halogens is 1. The predicted octanol–water partition coefficient (Wildman–Crippen LogP) is 3.15. The lowest BCUT2D eigenvalue weighted by Gasteiger charge is -2.52. The SMILES string of the molecule is Cc1cccc(Cl)c1S(=O)(=O)N1CC(C)(C)C1c1nccn1C. The second-order valence-electron chi connectivity index (χ2n) is 6.72. The molecule has 1 aromatic heterocycles. The minimum absolute atomic E-state index is 0.179. The smallest absolute Gasteiger partial charge is 0.245 e. The van der Waals surface area contributed by atoms with Gasteiger partial charge in [-0.3, -0.25) is 0 Å². The number of hydrogen-bond donors (Lipinski definition) is 0. The summed E-state index contributed by atoms with van der Waals surface area (Å²) in [6, 6.07) is 4.83. The summed E-state index contributed by atoms with van der Waals surface area (Å²) in [5, 5.41) is 0.258. The third-order valence-electron chi connectivity index (χ3n) is 4.43. The van der Waals surface area contributed by atoms with Crippen molar-refractivity contribution in [3.05, 3.63) is 47.0 Å². The Morgan fingerprint density at radius 3 is 2.57 bits per heavy atom. The number of sulfonamides is 1. The van der Waals surface area contributed by atoms with Gasteiger partial charge in [-0.2, -0.15) is 4.31 Å². The molecule has 23 heavy (non-hydrogen) atoms. The van der Waals surface area contributed by atoms with Gasteiger partial charge >= 0.3 is 0 Å². The third kappa shape index (κ3) is 2.49. The fraction of sp³-hybridized carbons (Fsp3) is 0.438. The van der Waals surface area contributed by atoms with Gasteiger partial charge in [-0.1, -0.05) is 37.6 Å². The van der Waals surface area contributed by atoms with Gasteiger partial charge in [0.05, 0.1) is 11.1 Å². The molecule has 1 aliphatic rings. The third-order valence-corrected chi connectivity index (χ3v) is 6.87. The summed E-state index contributed by atoms with van der Waals surface area (Å²) in [4.78, 5) is 4.55. The minimum atomic E-state index is -3.68. The predicted molar refractivity (Wildman–Crippen MR) is 89.8 cm³/mol. The number of benzene rings is 1. The lowest BCUT2D eigenvalue weighted by Crippen LogP contribution is -2.58. The van der Waals surface area contributed by atoms with E-state index in [1.807, 2.05) is 17.8 Å². The van der Waals surface area contributed by atoms with Crippen LogP contribution in [0.15, 0.2) is 35.5 Å². The maximum absolute atomic E-state index is 13.2. The van der Waals surface area contributed by atoms with Crippen molar-refractivity contribution in [3.63, 3.8) is 0 Å². The quantitative estimate of drug-likeness (QED) is 0.851. The zero-order valence-corrected chi connectivity index (χ0v) is 15.2. The van der Waals surface area contributed by atoms with Crippen LogP contribution in [0.5, 0.6) is 0 Å². The van der Waals surface area contributed by atoms with Crippen molar-refractivity contribution < 1.29 is 8.42 Å². The van der Waals surface area contributed by atoms with Crippen LogP contribution in [0, 0.1) is 12.3 Å². The van der Waals surface area contributed by atoms with Gasteiger partial charge in [0.25, 0.3) is 0 Å². The summed E-state index contributed by atoms with van der Waals surface area (Å²) in [6.45, 7) is 6.31. The Balaban J connectivity index is 2.09. The standard InChI is InChI=1S/C16H20ClN3O2S/c1-11-6-5-7-12(17)13(11)23(21,22)20-10-16(2,3)14(20)15-18-8-9-19(15)4/h5-9,14H,10H2,1-4H3. The van der Waals surface area contributed by atoms with E-state index < -0.39 is 10.0 Å². The zero-order chi connectivity index (χ0) is 17.0. The molecule has 1 aliphatic heterocycles. The first kappa shape index (κ1) is 16.5. The molecule has 3 rings (SSSR count). The van der Waals surface area contributed by atoms with Crippen molar-refractivity contribution in [2.24, 2.45) is 12.5 Å². The largest absolute Gasteiger partial charge is 0.337 e. The molecule has 5 nitrogen and oxygen atoms in total. The van der Waals surface area contributed by atoms with Gasteiger partial charge in [-0.15, -0.1) is 0 Å². The summed E-state index contributed by atoms with van der Waals surface area (Å²) < 4.78 is 29.7. The van der Waals surface area contributed by atoms with E-state index in [2.05, 4.69) is 18.8 Å². The van der Waals surface area contributed by atoms with E-state index in [-0.39, 0.29) is 21.4 Å². The van der Waals surface area contributed by atoms with Gasteiger partial charge in [0.2, 0.25) is 10.0 Å². The Hall–Kier alpha value is -1.37. The van der Waals surface area contributed by atoms with Crippen LogP contribution in [0.2, 0.25) is 5.02 Å². The molecule has 7 heteroatoms. The van der Waals surface area contributed by atoms with Crippen LogP contribution in [-0.4, -0.2) is 28.8 Å². The van der Waals surface area contributed by atoms with Gasteiger partial charge in [-0.25, -0.2) is 13.4 Å². The highest BCUT2D eigenvalue weighted by Crippen LogP contribution is 2.51. The van der Waals surface area contributed by atoms with Crippen LogP contribution in [0.25, 0.3) is 0 Å². The molecule has 1 aromatic carbocycles. The molecule has 0 saturated carbocycles. The van der Waals surface area contributed by atoms with Gasteiger partial charge in [-0.05, 0) is 18.6 Å². The molecule has 124 valence electrons. The van der Waals surface area contributed by atoms with Crippen LogP contribution in [0.4, 0.5) is 0 Å². The van der Waals surface area contributed by atoms with Gasteiger partial charge in [0.15, 0.2) is 0 Å². The lowest BCUT2D eigenvalue weighted by atomic mass is 9.76. The van der Waals surface area contributed by atoms with Crippen molar-refractivity contribution in [2.45, 2.75) is 31.7 Å².